The van der Waals surface area contributed by atoms with Gasteiger partial charge in [-0.15, -0.1) is 11.3 Å². The van der Waals surface area contributed by atoms with E-state index in [4.69, 9.17) is 4.74 Å². The lowest BCUT2D eigenvalue weighted by molar-refractivity contribution is -0.114. The zero-order chi connectivity index (χ0) is 14.9. The average Bonchev–Trinajstić information content (AvgIpc) is 2.72. The van der Waals surface area contributed by atoms with Gasteiger partial charge in [0.15, 0.2) is 0 Å². The highest BCUT2D eigenvalue weighted by Crippen LogP contribution is 2.42. The van der Waals surface area contributed by atoms with Crippen molar-refractivity contribution in [3.8, 4) is 5.75 Å². The first-order valence-corrected chi connectivity index (χ1v) is 7.73. The second kappa shape index (κ2) is 5.96. The predicted molar refractivity (Wildman–Crippen MR) is 86.5 cm³/mol. The van der Waals surface area contributed by atoms with E-state index in [1.165, 1.54) is 6.92 Å². The molecule has 7 heteroatoms. The fraction of sp³-hybridized carbons (Fsp3) is 0.231. The van der Waals surface area contributed by atoms with Crippen LogP contribution in [0.4, 0.5) is 5.00 Å². The van der Waals surface area contributed by atoms with Crippen LogP contribution in [0.15, 0.2) is 12.1 Å². The third-order valence-electron chi connectivity index (χ3n) is 2.55. The number of aromatic hydroxyl groups is 1. The van der Waals surface area contributed by atoms with Crippen molar-refractivity contribution in [1.29, 1.82) is 0 Å². The molecule has 2 N–H and O–H groups in total. The molecule has 20 heavy (non-hydrogen) atoms. The van der Waals surface area contributed by atoms with E-state index in [2.05, 4.69) is 5.32 Å². The first kappa shape index (κ1) is 15.0. The number of fused-ring (bicyclic) bond motifs is 1. The zero-order valence-corrected chi connectivity index (χ0v) is 13.8. The van der Waals surface area contributed by atoms with Gasteiger partial charge in [-0.3, -0.25) is 4.79 Å². The molecule has 5 nitrogen and oxygen atoms in total. The molecule has 1 heterocycles. The Bertz CT molecular complexity index is 695. The van der Waals surface area contributed by atoms with Gasteiger partial charge in [0.25, 0.3) is 0 Å². The van der Waals surface area contributed by atoms with Crippen molar-refractivity contribution in [1.82, 2.24) is 0 Å². The number of ether oxygens (including phenoxy) is 1. The Morgan fingerprint density at radius 3 is 2.75 bits per heavy atom. The highest BCUT2D eigenvalue weighted by molar-refractivity contribution is 14.1. The van der Waals surface area contributed by atoms with Crippen molar-refractivity contribution in [3.05, 3.63) is 21.3 Å². The topological polar surface area (TPSA) is 75.6 Å². The Balaban J connectivity index is 2.69. The van der Waals surface area contributed by atoms with Gasteiger partial charge in [0.1, 0.15) is 16.3 Å². The molecule has 106 valence electrons. The van der Waals surface area contributed by atoms with Gasteiger partial charge >= 0.3 is 5.97 Å². The maximum Gasteiger partial charge on any atom is 0.341 e. The van der Waals surface area contributed by atoms with Crippen molar-refractivity contribution in [2.45, 2.75) is 13.8 Å². The Morgan fingerprint density at radius 2 is 2.15 bits per heavy atom. The van der Waals surface area contributed by atoms with Gasteiger partial charge in [0, 0.05) is 12.3 Å². The number of halogens is 1. The molecule has 0 unspecified atom stereocenters. The number of anilines is 1. The van der Waals surface area contributed by atoms with Crippen molar-refractivity contribution < 1.29 is 19.4 Å². The van der Waals surface area contributed by atoms with E-state index in [0.717, 1.165) is 11.3 Å². The maximum atomic E-state index is 12.1. The summed E-state index contributed by atoms with van der Waals surface area (Å²) in [7, 11) is 0. The summed E-state index contributed by atoms with van der Waals surface area (Å²) in [5, 5.41) is 13.7. The average molecular weight is 405 g/mol. The number of thiophene rings is 1. The van der Waals surface area contributed by atoms with Gasteiger partial charge in [0.05, 0.1) is 14.9 Å². The highest BCUT2D eigenvalue weighted by Gasteiger charge is 2.23. The molecule has 0 aliphatic heterocycles. The number of carbonyl (C=O) groups is 2. The number of carbonyl (C=O) groups excluding carboxylic acids is 2. The largest absolute Gasteiger partial charge is 0.505 e. The summed E-state index contributed by atoms with van der Waals surface area (Å²) in [5.74, 6) is -0.686. The van der Waals surface area contributed by atoms with Gasteiger partial charge in [-0.2, -0.15) is 0 Å². The summed E-state index contributed by atoms with van der Waals surface area (Å²) in [5.41, 5.74) is 0.286. The molecule has 0 atom stereocenters. The molecule has 0 aliphatic carbocycles. The maximum absolute atomic E-state index is 12.1. The van der Waals surface area contributed by atoms with Crippen molar-refractivity contribution in [3.63, 3.8) is 0 Å². The van der Waals surface area contributed by atoms with Gasteiger partial charge in [-0.05, 0) is 35.6 Å². The van der Waals surface area contributed by atoms with Crippen LogP contribution in [0.2, 0.25) is 0 Å². The molecule has 1 aromatic carbocycles. The van der Waals surface area contributed by atoms with Crippen LogP contribution in [0, 0.1) is 3.57 Å². The first-order valence-electron chi connectivity index (χ1n) is 5.84. The summed E-state index contributed by atoms with van der Waals surface area (Å²) in [4.78, 5) is 23.3. The smallest absolute Gasteiger partial charge is 0.341 e. The zero-order valence-electron chi connectivity index (χ0n) is 10.8. The first-order chi connectivity index (χ1) is 9.45. The number of phenols is 1. The number of amides is 1. The lowest BCUT2D eigenvalue weighted by atomic mass is 10.1. The quantitative estimate of drug-likeness (QED) is 0.607. The number of nitrogens with one attached hydrogen (secondary N) is 1. The molecule has 0 saturated carbocycles. The fourth-order valence-corrected chi connectivity index (χ4v) is 3.59. The lowest BCUT2D eigenvalue weighted by Crippen LogP contribution is -2.10. The minimum Gasteiger partial charge on any atom is -0.505 e. The summed E-state index contributed by atoms with van der Waals surface area (Å²) in [6, 6.07) is 3.45. The van der Waals surface area contributed by atoms with Gasteiger partial charge in [0.2, 0.25) is 5.91 Å². The minimum absolute atomic E-state index is 0.107. The second-order valence-electron chi connectivity index (χ2n) is 3.98. The van der Waals surface area contributed by atoms with Crippen LogP contribution in [0.3, 0.4) is 0 Å². The van der Waals surface area contributed by atoms with Gasteiger partial charge in [-0.25, -0.2) is 4.79 Å². The van der Waals surface area contributed by atoms with Crippen molar-refractivity contribution >= 4 is 60.9 Å². The second-order valence-corrected chi connectivity index (χ2v) is 6.16. The van der Waals surface area contributed by atoms with E-state index < -0.39 is 5.97 Å². The van der Waals surface area contributed by atoms with Gasteiger partial charge in [-0.1, -0.05) is 6.07 Å². The number of rotatable bonds is 3. The Hall–Kier alpha value is -1.35. The summed E-state index contributed by atoms with van der Waals surface area (Å²) in [6.07, 6.45) is 0. The predicted octanol–water partition coefficient (Wildman–Crippen LogP) is 3.35. The SMILES string of the molecule is CCOC(=O)c1c(NC(C)=O)sc2c(O)c(I)ccc12. The number of hydrogen-bond donors (Lipinski definition) is 2. The summed E-state index contributed by atoms with van der Waals surface area (Å²) < 4.78 is 6.26. The third-order valence-corrected chi connectivity index (χ3v) is 4.55. The van der Waals surface area contributed by atoms with Crippen LogP contribution in [0.1, 0.15) is 24.2 Å². The monoisotopic (exact) mass is 405 g/mol. The van der Waals surface area contributed by atoms with Crippen LogP contribution in [0.5, 0.6) is 5.75 Å². The molecule has 0 radical (unpaired) electrons. The van der Waals surface area contributed by atoms with Gasteiger partial charge < -0.3 is 15.2 Å². The normalized spacial score (nSPS) is 10.6. The third kappa shape index (κ3) is 2.73. The van der Waals surface area contributed by atoms with Crippen LogP contribution in [0.25, 0.3) is 10.1 Å². The number of phenolic OH excluding ortho intramolecular Hbond substituents is 1. The molecule has 0 saturated heterocycles. The van der Waals surface area contributed by atoms with E-state index in [1.807, 2.05) is 22.6 Å². The molecular formula is C13H12INO4S. The number of benzene rings is 1. The summed E-state index contributed by atoms with van der Waals surface area (Å²) >= 11 is 3.17. The van der Waals surface area contributed by atoms with Crippen LogP contribution in [-0.2, 0) is 9.53 Å². The molecule has 0 aliphatic rings. The standard InChI is InChI=1S/C13H12INO4S/c1-3-19-13(18)9-7-4-5-8(14)10(17)11(7)20-12(9)15-6(2)16/h4-5,17H,3H2,1-2H3,(H,15,16). The van der Waals surface area contributed by atoms with E-state index in [9.17, 15) is 14.7 Å². The Kier molecular flexibility index (Phi) is 4.48. The van der Waals surface area contributed by atoms with E-state index in [1.54, 1.807) is 19.1 Å². The molecule has 1 aromatic heterocycles. The van der Waals surface area contributed by atoms with E-state index in [0.29, 0.717) is 18.7 Å². The molecule has 1 amide bonds. The Labute approximate surface area is 133 Å². The van der Waals surface area contributed by atoms with Crippen molar-refractivity contribution in [2.75, 3.05) is 11.9 Å². The minimum atomic E-state index is -0.511. The van der Waals surface area contributed by atoms with Crippen LogP contribution in [-0.4, -0.2) is 23.6 Å². The number of esters is 1. The molecule has 0 spiro atoms. The highest BCUT2D eigenvalue weighted by atomic mass is 127. The fourth-order valence-electron chi connectivity index (χ4n) is 1.78. The molecule has 2 aromatic rings. The van der Waals surface area contributed by atoms with Crippen LogP contribution < -0.4 is 5.32 Å². The Morgan fingerprint density at radius 1 is 1.45 bits per heavy atom. The van der Waals surface area contributed by atoms with E-state index in [-0.39, 0.29) is 23.8 Å². The molecule has 0 bridgehead atoms. The van der Waals surface area contributed by atoms with Crippen molar-refractivity contribution in [2.24, 2.45) is 0 Å². The van der Waals surface area contributed by atoms with E-state index >= 15 is 0 Å². The molecule has 2 rings (SSSR count). The summed E-state index contributed by atoms with van der Waals surface area (Å²) in [6.45, 7) is 3.32. The van der Waals surface area contributed by atoms with Crippen LogP contribution >= 0.6 is 33.9 Å². The molecule has 0 fully saturated rings. The lowest BCUT2D eigenvalue weighted by Gasteiger charge is -2.04. The molecular weight excluding hydrogens is 393 g/mol. The number of hydrogen-bond acceptors (Lipinski definition) is 5.